The zero-order valence-electron chi connectivity index (χ0n) is 16.8. The topological polar surface area (TPSA) is 81.8 Å². The van der Waals surface area contributed by atoms with E-state index in [1.54, 1.807) is 0 Å². The number of halogens is 3. The van der Waals surface area contributed by atoms with E-state index in [-0.39, 0.29) is 18.2 Å². The Kier molecular flexibility index (Phi) is 6.81. The number of hydrogen-bond acceptors (Lipinski definition) is 4. The average Bonchev–Trinajstić information content (AvgIpc) is 3.20. The molecule has 0 bridgehead atoms. The van der Waals surface area contributed by atoms with E-state index >= 15 is 0 Å². The van der Waals surface area contributed by atoms with Gasteiger partial charge < -0.3 is 15.1 Å². The summed E-state index contributed by atoms with van der Waals surface area (Å²) in [5.74, 6) is -0.0428. The Hall–Kier alpha value is -2.01. The van der Waals surface area contributed by atoms with Gasteiger partial charge in [-0.15, -0.1) is 0 Å². The minimum Gasteiger partial charge on any atom is -0.370 e. The fourth-order valence-electron chi connectivity index (χ4n) is 3.93. The lowest BCUT2D eigenvalue weighted by Crippen LogP contribution is -2.45. The van der Waals surface area contributed by atoms with Crippen molar-refractivity contribution in [3.8, 4) is 0 Å². The van der Waals surface area contributed by atoms with E-state index in [9.17, 15) is 26.4 Å². The van der Waals surface area contributed by atoms with Gasteiger partial charge in [0, 0.05) is 32.7 Å². The maximum atomic E-state index is 13.2. The fourth-order valence-corrected chi connectivity index (χ4v) is 4.46. The highest BCUT2D eigenvalue weighted by Gasteiger charge is 2.32. The first kappa shape index (κ1) is 22.7. The minimum atomic E-state index is -4.50. The highest BCUT2D eigenvalue weighted by Crippen LogP contribution is 2.36. The molecular weight excluding hydrogens is 421 g/mol. The summed E-state index contributed by atoms with van der Waals surface area (Å²) in [4.78, 5) is 16.3. The van der Waals surface area contributed by atoms with Gasteiger partial charge in [0.15, 0.2) is 0 Å². The van der Waals surface area contributed by atoms with Crippen LogP contribution in [-0.4, -0.2) is 58.3 Å². The van der Waals surface area contributed by atoms with E-state index in [0.717, 1.165) is 50.7 Å². The zero-order valence-corrected chi connectivity index (χ0v) is 17.7. The van der Waals surface area contributed by atoms with Crippen molar-refractivity contribution in [3.63, 3.8) is 0 Å². The molecule has 0 aromatic heterocycles. The van der Waals surface area contributed by atoms with Crippen molar-refractivity contribution in [1.82, 2.24) is 9.62 Å². The molecule has 0 unspecified atom stereocenters. The van der Waals surface area contributed by atoms with E-state index in [1.165, 1.54) is 11.0 Å². The number of anilines is 2. The third-order valence-electron chi connectivity index (χ3n) is 5.45. The number of nitrogens with zero attached hydrogens (tertiary/aromatic N) is 2. The Morgan fingerprint density at radius 2 is 1.87 bits per heavy atom. The van der Waals surface area contributed by atoms with Gasteiger partial charge in [-0.3, -0.25) is 0 Å². The molecular formula is C19H27F3N4O3S. The minimum absolute atomic E-state index is 0.0428. The van der Waals surface area contributed by atoms with E-state index in [2.05, 4.69) is 10.0 Å². The number of piperidine rings is 1. The first-order chi connectivity index (χ1) is 14.0. The summed E-state index contributed by atoms with van der Waals surface area (Å²) < 4.78 is 64.7. The average molecular weight is 449 g/mol. The van der Waals surface area contributed by atoms with Crippen LogP contribution in [0.1, 0.15) is 31.2 Å². The van der Waals surface area contributed by atoms with Gasteiger partial charge in [-0.25, -0.2) is 17.9 Å². The molecule has 2 aliphatic heterocycles. The van der Waals surface area contributed by atoms with Gasteiger partial charge in [0.05, 0.1) is 23.2 Å². The molecule has 2 fully saturated rings. The molecule has 2 N–H and O–H groups in total. The number of sulfonamides is 1. The summed E-state index contributed by atoms with van der Waals surface area (Å²) in [6.07, 6.45) is -0.0462. The van der Waals surface area contributed by atoms with Crippen molar-refractivity contribution >= 4 is 27.4 Å². The number of hydrogen-bond donors (Lipinski definition) is 2. The SMILES string of the molecule is CS(=O)(=O)NC[C@H]1CCCN(C(=O)Nc2cc(C(F)(F)F)ccc2N2CCCC2)C1. The predicted molar refractivity (Wildman–Crippen MR) is 109 cm³/mol. The molecule has 2 amide bonds. The molecule has 1 aromatic rings. The van der Waals surface area contributed by atoms with Gasteiger partial charge >= 0.3 is 12.2 Å². The van der Waals surface area contributed by atoms with Crippen LogP contribution < -0.4 is 14.9 Å². The molecule has 1 aromatic carbocycles. The first-order valence-electron chi connectivity index (χ1n) is 10.00. The lowest BCUT2D eigenvalue weighted by molar-refractivity contribution is -0.137. The lowest BCUT2D eigenvalue weighted by Gasteiger charge is -2.33. The maximum Gasteiger partial charge on any atom is 0.416 e. The summed E-state index contributed by atoms with van der Waals surface area (Å²) in [6.45, 7) is 2.51. The number of carbonyl (C=O) groups excluding carboxylic acids is 1. The molecule has 11 heteroatoms. The number of nitrogens with one attached hydrogen (secondary N) is 2. The smallest absolute Gasteiger partial charge is 0.370 e. The third kappa shape index (κ3) is 6.00. The molecule has 0 radical (unpaired) electrons. The van der Waals surface area contributed by atoms with Crippen LogP contribution >= 0.6 is 0 Å². The third-order valence-corrected chi connectivity index (χ3v) is 6.14. The van der Waals surface area contributed by atoms with Crippen LogP contribution in [0.5, 0.6) is 0 Å². The lowest BCUT2D eigenvalue weighted by atomic mass is 9.99. The van der Waals surface area contributed by atoms with E-state index in [1.807, 2.05) is 4.90 Å². The van der Waals surface area contributed by atoms with E-state index in [4.69, 9.17) is 0 Å². The van der Waals surface area contributed by atoms with Crippen molar-refractivity contribution in [2.75, 3.05) is 49.2 Å². The van der Waals surface area contributed by atoms with Gasteiger partial charge in [-0.1, -0.05) is 0 Å². The van der Waals surface area contributed by atoms with Crippen molar-refractivity contribution < 1.29 is 26.4 Å². The molecule has 7 nitrogen and oxygen atoms in total. The van der Waals surface area contributed by atoms with Crippen LogP contribution in [-0.2, 0) is 16.2 Å². The number of urea groups is 1. The first-order valence-corrected chi connectivity index (χ1v) is 11.9. The fraction of sp³-hybridized carbons (Fsp3) is 0.632. The molecule has 3 rings (SSSR count). The Morgan fingerprint density at radius 1 is 1.17 bits per heavy atom. The van der Waals surface area contributed by atoms with Crippen LogP contribution in [0.2, 0.25) is 0 Å². The predicted octanol–water partition coefficient (Wildman–Crippen LogP) is 3.10. The van der Waals surface area contributed by atoms with Crippen molar-refractivity contribution in [1.29, 1.82) is 0 Å². The van der Waals surface area contributed by atoms with Crippen LogP contribution in [0.3, 0.4) is 0 Å². The van der Waals surface area contributed by atoms with Gasteiger partial charge in [0.1, 0.15) is 0 Å². The molecule has 0 aliphatic carbocycles. The van der Waals surface area contributed by atoms with Crippen LogP contribution in [0.25, 0.3) is 0 Å². The summed E-state index contributed by atoms with van der Waals surface area (Å²) in [6, 6.07) is 2.97. The second kappa shape index (κ2) is 9.01. The summed E-state index contributed by atoms with van der Waals surface area (Å²) >= 11 is 0. The molecule has 0 spiro atoms. The van der Waals surface area contributed by atoms with Gasteiger partial charge in [0.2, 0.25) is 10.0 Å². The summed E-state index contributed by atoms with van der Waals surface area (Å²) in [7, 11) is -3.32. The Balaban J connectivity index is 1.74. The molecule has 30 heavy (non-hydrogen) atoms. The summed E-state index contributed by atoms with van der Waals surface area (Å²) in [5, 5.41) is 2.67. The number of amides is 2. The number of benzene rings is 1. The Labute approximate surface area is 174 Å². The number of rotatable bonds is 5. The summed E-state index contributed by atoms with van der Waals surface area (Å²) in [5.41, 5.74) is -0.0797. The van der Waals surface area contributed by atoms with Crippen molar-refractivity contribution in [2.24, 2.45) is 5.92 Å². The zero-order chi connectivity index (χ0) is 21.9. The van der Waals surface area contributed by atoms with Crippen molar-refractivity contribution in [2.45, 2.75) is 31.9 Å². The number of likely N-dealkylation sites (tertiary alicyclic amines) is 1. The van der Waals surface area contributed by atoms with Crippen LogP contribution in [0.15, 0.2) is 18.2 Å². The quantitative estimate of drug-likeness (QED) is 0.725. The molecule has 2 heterocycles. The van der Waals surface area contributed by atoms with E-state index < -0.39 is 27.8 Å². The largest absolute Gasteiger partial charge is 0.416 e. The van der Waals surface area contributed by atoms with Crippen LogP contribution in [0, 0.1) is 5.92 Å². The molecule has 0 saturated carbocycles. The maximum absolute atomic E-state index is 13.2. The second-order valence-corrected chi connectivity index (χ2v) is 9.76. The van der Waals surface area contributed by atoms with E-state index in [0.29, 0.717) is 25.2 Å². The Bertz CT molecular complexity index is 870. The molecule has 168 valence electrons. The molecule has 1 atom stereocenters. The number of carbonyl (C=O) groups is 1. The second-order valence-electron chi connectivity index (χ2n) is 7.93. The highest BCUT2D eigenvalue weighted by molar-refractivity contribution is 7.88. The molecule has 2 aliphatic rings. The highest BCUT2D eigenvalue weighted by atomic mass is 32.2. The number of alkyl halides is 3. The van der Waals surface area contributed by atoms with Crippen molar-refractivity contribution in [3.05, 3.63) is 23.8 Å². The monoisotopic (exact) mass is 448 g/mol. The standard InChI is InChI=1S/C19H27F3N4O3S/c1-30(28,29)23-12-14-5-4-10-26(13-14)18(27)24-16-11-15(19(20,21)22)6-7-17(16)25-8-2-3-9-25/h6-7,11,14,23H,2-5,8-10,12-13H2,1H3,(H,24,27)/t14-/m1/s1. The van der Waals surface area contributed by atoms with Gasteiger partial charge in [-0.2, -0.15) is 13.2 Å². The van der Waals surface area contributed by atoms with Crippen LogP contribution in [0.4, 0.5) is 29.3 Å². The van der Waals surface area contributed by atoms with Gasteiger partial charge in [-0.05, 0) is 49.8 Å². The Morgan fingerprint density at radius 3 is 2.50 bits per heavy atom. The normalized spacial score (nSPS) is 20.5. The van der Waals surface area contributed by atoms with Gasteiger partial charge in [0.25, 0.3) is 0 Å². The molecule has 2 saturated heterocycles.